The van der Waals surface area contributed by atoms with Crippen molar-refractivity contribution in [1.29, 1.82) is 0 Å². The van der Waals surface area contributed by atoms with E-state index in [1.807, 2.05) is 0 Å². The summed E-state index contributed by atoms with van der Waals surface area (Å²) >= 11 is 0. The third kappa shape index (κ3) is 3.96. The Labute approximate surface area is 131 Å². The molecule has 1 rings (SSSR count). The molecule has 1 aromatic rings. The Morgan fingerprint density at radius 1 is 0.706 bits per heavy atom. The van der Waals surface area contributed by atoms with Gasteiger partial charge in [-0.05, 0) is 0 Å². The second kappa shape index (κ2) is 5.28. The van der Waals surface area contributed by atoms with Gasteiger partial charge in [0.2, 0.25) is 0 Å². The molecule has 17 heavy (non-hydrogen) atoms. The van der Waals surface area contributed by atoms with Crippen molar-refractivity contribution in [2.75, 3.05) is 0 Å². The number of hydrogen-bond acceptors (Lipinski definition) is 2. The molecule has 1 heterocycles. The topological polar surface area (TPSA) is 25.8 Å². The first-order valence-corrected chi connectivity index (χ1v) is 5.60. The first-order chi connectivity index (χ1) is 7.03. The first-order valence-electron chi connectivity index (χ1n) is 5.60. The van der Waals surface area contributed by atoms with Gasteiger partial charge in [-0.25, -0.2) is 11.4 Å². The molecule has 0 unspecified atom stereocenters. The zero-order valence-corrected chi connectivity index (χ0v) is 14.7. The van der Waals surface area contributed by atoms with Crippen molar-refractivity contribution in [3.8, 4) is 0 Å². The Bertz CT molecular complexity index is 359. The molecule has 0 N–H and O–H groups in total. The molecular formula is C14H22N2Y-2. The van der Waals surface area contributed by atoms with E-state index in [9.17, 15) is 0 Å². The zero-order chi connectivity index (χ0) is 12.7. The largest absolute Gasteiger partial charge is 0.382 e. The maximum Gasteiger partial charge on any atom is 0.0423 e. The Morgan fingerprint density at radius 2 is 0.941 bits per heavy atom. The monoisotopic (exact) mass is 307 g/mol. The predicted molar refractivity (Wildman–Crippen MR) is 68.4 cm³/mol. The van der Waals surface area contributed by atoms with Gasteiger partial charge in [0.15, 0.2) is 0 Å². The van der Waals surface area contributed by atoms with Crippen molar-refractivity contribution in [3.63, 3.8) is 0 Å². The summed E-state index contributed by atoms with van der Waals surface area (Å²) in [5.41, 5.74) is 3.37. The molecule has 0 atom stereocenters. The van der Waals surface area contributed by atoms with Gasteiger partial charge in [-0.3, -0.25) is 0 Å². The van der Waals surface area contributed by atoms with E-state index in [0.717, 1.165) is 11.4 Å². The normalized spacial score (nSPS) is 12.1. The van der Waals surface area contributed by atoms with E-state index in [1.165, 1.54) is 0 Å². The molecule has 0 aliphatic rings. The van der Waals surface area contributed by atoms with Crippen LogP contribution in [0.5, 0.6) is 0 Å². The summed E-state index contributed by atoms with van der Waals surface area (Å²) in [7, 11) is 0. The van der Waals surface area contributed by atoms with Crippen molar-refractivity contribution in [2.45, 2.75) is 52.4 Å². The van der Waals surface area contributed by atoms with Crippen molar-refractivity contribution in [3.05, 3.63) is 36.6 Å². The van der Waals surface area contributed by atoms with Crippen molar-refractivity contribution in [2.24, 2.45) is 0 Å². The van der Waals surface area contributed by atoms with Gasteiger partial charge in [0.1, 0.15) is 0 Å². The van der Waals surface area contributed by atoms with Gasteiger partial charge in [-0.15, -0.1) is 0 Å². The van der Waals surface area contributed by atoms with E-state index in [2.05, 4.69) is 65.4 Å². The Kier molecular flexibility index (Phi) is 5.25. The molecule has 0 aromatic carbocycles. The van der Waals surface area contributed by atoms with Crippen LogP contribution >= 0.6 is 0 Å². The van der Waals surface area contributed by atoms with Crippen LogP contribution < -0.4 is 0 Å². The van der Waals surface area contributed by atoms with E-state index in [1.54, 1.807) is 0 Å². The summed E-state index contributed by atoms with van der Waals surface area (Å²) in [4.78, 5) is 9.15. The van der Waals surface area contributed by atoms with Crippen molar-refractivity contribution >= 4 is 0 Å². The van der Waals surface area contributed by atoms with Gasteiger partial charge in [0.25, 0.3) is 0 Å². The van der Waals surface area contributed by atoms with Crippen LogP contribution in [0.3, 0.4) is 0 Å². The summed E-state index contributed by atoms with van der Waals surface area (Å²) in [6.45, 7) is 20.6. The molecule has 93 valence electrons. The average molecular weight is 307 g/mol. The van der Waals surface area contributed by atoms with Gasteiger partial charge in [-0.1, -0.05) is 41.5 Å². The van der Waals surface area contributed by atoms with Crippen LogP contribution in [0.1, 0.15) is 64.3 Å². The minimum Gasteiger partial charge on any atom is -0.382 e. The minimum absolute atomic E-state index is 0. The van der Waals surface area contributed by atoms with Gasteiger partial charge in [0, 0.05) is 54.9 Å². The summed E-state index contributed by atoms with van der Waals surface area (Å²) in [6, 6.07) is 0. The molecule has 0 bridgehead atoms. The van der Waals surface area contributed by atoms with E-state index in [0.29, 0.717) is 11.4 Å². The number of hydrogen-bond donors (Lipinski definition) is 0. The molecule has 0 spiro atoms. The van der Waals surface area contributed by atoms with Crippen LogP contribution in [-0.4, -0.2) is 9.97 Å². The van der Waals surface area contributed by atoms with Gasteiger partial charge < -0.3 is 23.8 Å². The molecule has 0 saturated heterocycles. The third-order valence-corrected chi connectivity index (χ3v) is 2.47. The van der Waals surface area contributed by atoms with Crippen LogP contribution in [0.25, 0.3) is 0 Å². The fraction of sp³-hybridized carbons (Fsp3) is 0.571. The number of aromatic nitrogens is 2. The van der Waals surface area contributed by atoms with Crippen LogP contribution in [-0.2, 0) is 43.5 Å². The number of nitrogens with zero attached hydrogens (tertiary/aromatic N) is 2. The molecule has 3 heteroatoms. The third-order valence-electron chi connectivity index (χ3n) is 2.47. The fourth-order valence-corrected chi connectivity index (χ4v) is 1.55. The fourth-order valence-electron chi connectivity index (χ4n) is 1.55. The summed E-state index contributed by atoms with van der Waals surface area (Å²) < 4.78 is 0. The van der Waals surface area contributed by atoms with Crippen LogP contribution in [0, 0.1) is 13.8 Å². The SMILES string of the molecule is [CH2-]c1nc(C(C)(C)C)c(C(C)(C)C)nc1[CH2-].[Y]. The van der Waals surface area contributed by atoms with E-state index in [4.69, 9.17) is 0 Å². The quantitative estimate of drug-likeness (QED) is 0.686. The Hall–Kier alpha value is -0.0761. The molecule has 0 amide bonds. The summed E-state index contributed by atoms with van der Waals surface area (Å²) in [6.07, 6.45) is 0. The average Bonchev–Trinajstić information content (AvgIpc) is 2.05. The smallest absolute Gasteiger partial charge is 0.0423 e. The molecule has 1 radical (unpaired) electrons. The maximum absolute atomic E-state index is 4.57. The second-order valence-corrected chi connectivity index (χ2v) is 6.31. The van der Waals surface area contributed by atoms with Gasteiger partial charge >= 0.3 is 0 Å². The summed E-state index contributed by atoms with van der Waals surface area (Å²) in [5.74, 6) is 0. The molecule has 2 nitrogen and oxygen atoms in total. The van der Waals surface area contributed by atoms with Crippen LogP contribution in [0.4, 0.5) is 0 Å². The molecular weight excluding hydrogens is 285 g/mol. The summed E-state index contributed by atoms with van der Waals surface area (Å²) in [5, 5.41) is 0. The first kappa shape index (κ1) is 16.9. The Balaban J connectivity index is 0.00000256. The maximum atomic E-state index is 4.57. The molecule has 0 fully saturated rings. The second-order valence-electron chi connectivity index (χ2n) is 6.31. The molecule has 0 aliphatic carbocycles. The van der Waals surface area contributed by atoms with E-state index >= 15 is 0 Å². The van der Waals surface area contributed by atoms with E-state index in [-0.39, 0.29) is 43.5 Å². The molecule has 0 aliphatic heterocycles. The Morgan fingerprint density at radius 3 is 1.12 bits per heavy atom. The van der Waals surface area contributed by atoms with Crippen molar-refractivity contribution < 1.29 is 32.7 Å². The van der Waals surface area contributed by atoms with Crippen LogP contribution in [0.15, 0.2) is 0 Å². The van der Waals surface area contributed by atoms with Crippen molar-refractivity contribution in [1.82, 2.24) is 9.97 Å². The minimum atomic E-state index is -0.0181. The van der Waals surface area contributed by atoms with Crippen LogP contribution in [0.2, 0.25) is 0 Å². The van der Waals surface area contributed by atoms with Gasteiger partial charge in [0.05, 0.1) is 0 Å². The zero-order valence-electron chi connectivity index (χ0n) is 11.9. The number of rotatable bonds is 0. The molecule has 1 aromatic heterocycles. The van der Waals surface area contributed by atoms with Gasteiger partial charge in [-0.2, -0.15) is 0 Å². The standard InChI is InChI=1S/C14H22N2.Y/c1-9-10(2)16-12(14(6,7)8)11(15-9)13(3,4)5;/h1-2H2,3-8H3;/q-2;. The molecule has 0 saturated carbocycles. The predicted octanol–water partition coefficient (Wildman–Crippen LogP) is 3.43. The van der Waals surface area contributed by atoms with E-state index < -0.39 is 0 Å².